The van der Waals surface area contributed by atoms with Gasteiger partial charge >= 0.3 is 0 Å². The van der Waals surface area contributed by atoms with E-state index in [0.717, 1.165) is 38.5 Å². The summed E-state index contributed by atoms with van der Waals surface area (Å²) in [5.41, 5.74) is 2.60. The summed E-state index contributed by atoms with van der Waals surface area (Å²) in [7, 11) is 0. The number of fused-ring (bicyclic) bond motifs is 2. The zero-order valence-electron chi connectivity index (χ0n) is 15.5. The Kier molecular flexibility index (Phi) is 4.50. The molecule has 0 saturated heterocycles. The highest BCUT2D eigenvalue weighted by Gasteiger charge is 2.55. The Balaban J connectivity index is 1.95. The van der Waals surface area contributed by atoms with Crippen molar-refractivity contribution in [2.75, 3.05) is 0 Å². The molecule has 0 aromatic rings. The second-order valence-electron chi connectivity index (χ2n) is 8.78. The molecule has 0 unspecified atom stereocenters. The van der Waals surface area contributed by atoms with E-state index in [2.05, 4.69) is 13.8 Å². The maximum Gasteiger partial charge on any atom is 0.137 e. The van der Waals surface area contributed by atoms with E-state index < -0.39 is 5.60 Å². The molecule has 4 atom stereocenters. The highest BCUT2D eigenvalue weighted by molar-refractivity contribution is 5.82. The highest BCUT2D eigenvalue weighted by atomic mass is 16.3. The summed E-state index contributed by atoms with van der Waals surface area (Å²) in [4.78, 5) is 11.8. The number of carbonyl (C=O) groups excluding carboxylic acids is 1. The Labute approximate surface area is 141 Å². The number of carbonyl (C=O) groups is 1. The van der Waals surface area contributed by atoms with Gasteiger partial charge in [0.1, 0.15) is 5.78 Å². The Morgan fingerprint density at radius 1 is 1.17 bits per heavy atom. The molecule has 0 aromatic heterocycles. The number of hydrogen-bond acceptors (Lipinski definition) is 2. The minimum Gasteiger partial charge on any atom is -0.390 e. The molecule has 23 heavy (non-hydrogen) atoms. The van der Waals surface area contributed by atoms with E-state index in [1.165, 1.54) is 24.8 Å². The number of ketones is 1. The molecule has 0 amide bonds. The standard InChI is InChI=1S/C21H34O2/c1-5-19-18-9-7-14-13-15(22)8-10-16(14)17(18)11-12-21(19,6-2)20(3,4)23/h17-19,23H,5-13H2,1-4H3/t17-,18-,19+,21+/m1/s1. The van der Waals surface area contributed by atoms with Gasteiger partial charge in [0.05, 0.1) is 5.60 Å². The predicted molar refractivity (Wildman–Crippen MR) is 94.1 cm³/mol. The van der Waals surface area contributed by atoms with Gasteiger partial charge in [-0.25, -0.2) is 0 Å². The molecule has 3 rings (SSSR count). The molecule has 1 fully saturated rings. The van der Waals surface area contributed by atoms with Crippen LogP contribution in [0.4, 0.5) is 0 Å². The van der Waals surface area contributed by atoms with E-state index in [1.54, 1.807) is 5.57 Å². The van der Waals surface area contributed by atoms with Gasteiger partial charge in [-0.1, -0.05) is 31.4 Å². The Morgan fingerprint density at radius 2 is 1.91 bits per heavy atom. The molecular formula is C21H34O2. The predicted octanol–water partition coefficient (Wildman–Crippen LogP) is 5.05. The summed E-state index contributed by atoms with van der Waals surface area (Å²) >= 11 is 0. The quantitative estimate of drug-likeness (QED) is 0.739. The second kappa shape index (κ2) is 6.02. The SMILES string of the molecule is CC[C@H]1[C@@H]2CCC3=C(CCC(=O)C3)[C@H]2CC[C@]1(CC)C(C)(C)O. The first-order chi connectivity index (χ1) is 10.8. The van der Waals surface area contributed by atoms with Crippen LogP contribution in [0.5, 0.6) is 0 Å². The largest absolute Gasteiger partial charge is 0.390 e. The van der Waals surface area contributed by atoms with Crippen LogP contribution in [0, 0.1) is 23.2 Å². The van der Waals surface area contributed by atoms with Crippen molar-refractivity contribution < 1.29 is 9.90 Å². The number of aliphatic hydroxyl groups is 1. The molecule has 0 heterocycles. The molecule has 0 bridgehead atoms. The van der Waals surface area contributed by atoms with E-state index >= 15 is 0 Å². The van der Waals surface area contributed by atoms with Gasteiger partial charge in [0.2, 0.25) is 0 Å². The number of rotatable bonds is 3. The van der Waals surface area contributed by atoms with E-state index in [0.29, 0.717) is 23.5 Å². The molecule has 3 aliphatic rings. The van der Waals surface area contributed by atoms with Crippen LogP contribution in [0.1, 0.15) is 85.5 Å². The van der Waals surface area contributed by atoms with Crippen LogP contribution in [0.15, 0.2) is 11.1 Å². The zero-order chi connectivity index (χ0) is 16.8. The first-order valence-electron chi connectivity index (χ1n) is 9.79. The van der Waals surface area contributed by atoms with Gasteiger partial charge in [-0.3, -0.25) is 4.79 Å². The van der Waals surface area contributed by atoms with Crippen LogP contribution in [-0.2, 0) is 4.79 Å². The summed E-state index contributed by atoms with van der Waals surface area (Å²) in [6.45, 7) is 8.66. The fourth-order valence-electron chi connectivity index (χ4n) is 6.59. The van der Waals surface area contributed by atoms with E-state index in [4.69, 9.17) is 0 Å². The van der Waals surface area contributed by atoms with Crippen LogP contribution in [0.2, 0.25) is 0 Å². The lowest BCUT2D eigenvalue weighted by molar-refractivity contribution is -0.143. The highest BCUT2D eigenvalue weighted by Crippen LogP contribution is 2.60. The molecule has 2 heteroatoms. The van der Waals surface area contributed by atoms with Crippen molar-refractivity contribution in [3.63, 3.8) is 0 Å². The Morgan fingerprint density at radius 3 is 2.52 bits per heavy atom. The normalized spacial score (nSPS) is 38.3. The van der Waals surface area contributed by atoms with Crippen molar-refractivity contribution in [2.24, 2.45) is 23.2 Å². The molecule has 0 spiro atoms. The van der Waals surface area contributed by atoms with Crippen molar-refractivity contribution in [3.05, 3.63) is 11.1 Å². The van der Waals surface area contributed by atoms with Gasteiger partial charge < -0.3 is 5.11 Å². The molecule has 3 aliphatic carbocycles. The monoisotopic (exact) mass is 318 g/mol. The molecular weight excluding hydrogens is 284 g/mol. The van der Waals surface area contributed by atoms with E-state index in [-0.39, 0.29) is 5.41 Å². The smallest absolute Gasteiger partial charge is 0.137 e. The zero-order valence-corrected chi connectivity index (χ0v) is 15.5. The summed E-state index contributed by atoms with van der Waals surface area (Å²) in [6.07, 6.45) is 9.47. The van der Waals surface area contributed by atoms with Crippen molar-refractivity contribution >= 4 is 5.78 Å². The van der Waals surface area contributed by atoms with Crippen LogP contribution >= 0.6 is 0 Å². The van der Waals surface area contributed by atoms with Gasteiger partial charge in [-0.2, -0.15) is 0 Å². The van der Waals surface area contributed by atoms with Gasteiger partial charge in [0, 0.05) is 18.3 Å². The van der Waals surface area contributed by atoms with E-state index in [9.17, 15) is 9.90 Å². The van der Waals surface area contributed by atoms with Crippen LogP contribution in [0.3, 0.4) is 0 Å². The third kappa shape index (κ3) is 2.62. The van der Waals surface area contributed by atoms with Crippen LogP contribution < -0.4 is 0 Å². The molecule has 1 N–H and O–H groups in total. The number of allylic oxidation sites excluding steroid dienone is 2. The van der Waals surface area contributed by atoms with Gasteiger partial charge in [-0.15, -0.1) is 0 Å². The van der Waals surface area contributed by atoms with Crippen LogP contribution in [-0.4, -0.2) is 16.5 Å². The maximum absolute atomic E-state index is 11.8. The van der Waals surface area contributed by atoms with Gasteiger partial charge in [0.15, 0.2) is 0 Å². The Bertz CT molecular complexity index is 510. The third-order valence-corrected chi connectivity index (χ3v) is 7.70. The van der Waals surface area contributed by atoms with Gasteiger partial charge in [-0.05, 0) is 70.1 Å². The first kappa shape index (κ1) is 17.2. The second-order valence-corrected chi connectivity index (χ2v) is 8.78. The topological polar surface area (TPSA) is 37.3 Å². The fraction of sp³-hybridized carbons (Fsp3) is 0.857. The molecule has 0 aliphatic heterocycles. The summed E-state index contributed by atoms with van der Waals surface area (Å²) < 4.78 is 0. The summed E-state index contributed by atoms with van der Waals surface area (Å²) in [6, 6.07) is 0. The van der Waals surface area contributed by atoms with Crippen LogP contribution in [0.25, 0.3) is 0 Å². The molecule has 2 nitrogen and oxygen atoms in total. The fourth-order valence-corrected chi connectivity index (χ4v) is 6.59. The lowest BCUT2D eigenvalue weighted by Crippen LogP contribution is -2.55. The maximum atomic E-state index is 11.8. The molecule has 130 valence electrons. The van der Waals surface area contributed by atoms with E-state index in [1.807, 2.05) is 13.8 Å². The van der Waals surface area contributed by atoms with Gasteiger partial charge in [0.25, 0.3) is 0 Å². The number of Topliss-reactive ketones (excluding diaryl/α,β-unsaturated/α-hetero) is 1. The molecule has 0 radical (unpaired) electrons. The van der Waals surface area contributed by atoms with Crippen molar-refractivity contribution in [1.82, 2.24) is 0 Å². The first-order valence-corrected chi connectivity index (χ1v) is 9.79. The lowest BCUT2D eigenvalue weighted by atomic mass is 9.48. The van der Waals surface area contributed by atoms with Crippen molar-refractivity contribution in [1.29, 1.82) is 0 Å². The number of hydrogen-bond donors (Lipinski definition) is 1. The Hall–Kier alpha value is -0.630. The molecule has 0 aromatic carbocycles. The van der Waals surface area contributed by atoms with Crippen molar-refractivity contribution in [2.45, 2.75) is 91.1 Å². The molecule has 1 saturated carbocycles. The van der Waals surface area contributed by atoms with Crippen molar-refractivity contribution in [3.8, 4) is 0 Å². The third-order valence-electron chi connectivity index (χ3n) is 7.70. The average molecular weight is 319 g/mol. The average Bonchev–Trinajstić information content (AvgIpc) is 2.51. The summed E-state index contributed by atoms with van der Waals surface area (Å²) in [5, 5.41) is 11.0. The lowest BCUT2D eigenvalue weighted by Gasteiger charge is -2.58. The summed E-state index contributed by atoms with van der Waals surface area (Å²) in [5.74, 6) is 2.47. The minimum atomic E-state index is -0.607. The minimum absolute atomic E-state index is 0.0610.